The van der Waals surface area contributed by atoms with Crippen LogP contribution in [0.15, 0.2) is 6.07 Å². The molecule has 2 saturated carbocycles. The monoisotopic (exact) mass is 218 g/mol. The lowest BCUT2D eigenvalue weighted by atomic mass is 9.88. The van der Waals surface area contributed by atoms with Gasteiger partial charge in [-0.05, 0) is 44.1 Å². The van der Waals surface area contributed by atoms with E-state index in [0.29, 0.717) is 5.92 Å². The molecule has 0 aliphatic heterocycles. The van der Waals surface area contributed by atoms with Crippen LogP contribution in [0.1, 0.15) is 48.8 Å². The summed E-state index contributed by atoms with van der Waals surface area (Å²) < 4.78 is 0. The second-order valence-electron chi connectivity index (χ2n) is 5.30. The van der Waals surface area contributed by atoms with Gasteiger partial charge in [-0.1, -0.05) is 6.42 Å². The van der Waals surface area contributed by atoms with Crippen molar-refractivity contribution < 1.29 is 5.11 Å². The molecular weight excluding hydrogens is 200 g/mol. The predicted octanol–water partition coefficient (Wildman–Crippen LogP) is 2.18. The van der Waals surface area contributed by atoms with E-state index in [1.807, 2.05) is 13.0 Å². The summed E-state index contributed by atoms with van der Waals surface area (Å²) in [5.74, 6) is 3.26. The summed E-state index contributed by atoms with van der Waals surface area (Å²) in [6, 6.07) is 1.87. The molecular formula is C13H18N2O. The van der Waals surface area contributed by atoms with Crippen molar-refractivity contribution >= 4 is 0 Å². The molecule has 0 amide bonds. The average Bonchev–Trinajstić information content (AvgIpc) is 2.89. The van der Waals surface area contributed by atoms with E-state index < -0.39 is 0 Å². The summed E-state index contributed by atoms with van der Waals surface area (Å²) in [6.45, 7) is 2.01. The number of rotatable bonds is 2. The summed E-state index contributed by atoms with van der Waals surface area (Å²) in [4.78, 5) is 9.05. The van der Waals surface area contributed by atoms with Crippen LogP contribution in [0.3, 0.4) is 0 Å². The van der Waals surface area contributed by atoms with Gasteiger partial charge in [-0.3, -0.25) is 0 Å². The fourth-order valence-electron chi connectivity index (χ4n) is 3.47. The normalized spacial score (nSPS) is 32.2. The summed E-state index contributed by atoms with van der Waals surface area (Å²) in [5.41, 5.74) is 1.75. The highest BCUT2D eigenvalue weighted by Gasteiger charge is 2.41. The van der Waals surface area contributed by atoms with E-state index in [1.54, 1.807) is 0 Å². The van der Waals surface area contributed by atoms with Crippen molar-refractivity contribution in [3.05, 3.63) is 23.3 Å². The molecule has 0 radical (unpaired) electrons. The van der Waals surface area contributed by atoms with Crippen molar-refractivity contribution in [2.75, 3.05) is 0 Å². The second kappa shape index (κ2) is 3.81. The van der Waals surface area contributed by atoms with Crippen LogP contribution >= 0.6 is 0 Å². The molecule has 3 heteroatoms. The standard InChI is InChI=1S/C13H18N2O/c1-8-4-11(7-16)15-13(14-8)12-6-9-2-3-10(12)5-9/h4,9-10,12,16H,2-3,5-7H2,1H3. The Morgan fingerprint density at radius 3 is 2.81 bits per heavy atom. The van der Waals surface area contributed by atoms with Crippen LogP contribution in [0.25, 0.3) is 0 Å². The molecule has 2 aliphatic rings. The first-order valence-corrected chi connectivity index (χ1v) is 6.21. The average molecular weight is 218 g/mol. The number of aryl methyl sites for hydroxylation is 1. The van der Waals surface area contributed by atoms with Gasteiger partial charge in [0.15, 0.2) is 0 Å². The van der Waals surface area contributed by atoms with Gasteiger partial charge < -0.3 is 5.11 Å². The highest BCUT2D eigenvalue weighted by molar-refractivity contribution is 5.14. The lowest BCUT2D eigenvalue weighted by molar-refractivity contribution is 0.275. The van der Waals surface area contributed by atoms with E-state index in [0.717, 1.165) is 29.0 Å². The molecule has 3 unspecified atom stereocenters. The zero-order chi connectivity index (χ0) is 11.1. The molecule has 0 spiro atoms. The maximum absolute atomic E-state index is 9.17. The maximum Gasteiger partial charge on any atom is 0.132 e. The van der Waals surface area contributed by atoms with Crippen LogP contribution in [-0.2, 0) is 6.61 Å². The van der Waals surface area contributed by atoms with Crippen molar-refractivity contribution in [3.8, 4) is 0 Å². The molecule has 1 N–H and O–H groups in total. The fourth-order valence-corrected chi connectivity index (χ4v) is 3.47. The number of hydrogen-bond acceptors (Lipinski definition) is 3. The highest BCUT2D eigenvalue weighted by atomic mass is 16.3. The van der Waals surface area contributed by atoms with Gasteiger partial charge in [-0.15, -0.1) is 0 Å². The molecule has 2 bridgehead atoms. The second-order valence-corrected chi connectivity index (χ2v) is 5.30. The first-order chi connectivity index (χ1) is 7.76. The predicted molar refractivity (Wildman–Crippen MR) is 60.9 cm³/mol. The van der Waals surface area contributed by atoms with Crippen molar-refractivity contribution in [2.24, 2.45) is 11.8 Å². The fraction of sp³-hybridized carbons (Fsp3) is 0.692. The SMILES string of the molecule is Cc1cc(CO)nc(C2CC3CCC2C3)n1. The van der Waals surface area contributed by atoms with Gasteiger partial charge in [-0.25, -0.2) is 9.97 Å². The maximum atomic E-state index is 9.17. The summed E-state index contributed by atoms with van der Waals surface area (Å²) in [6.07, 6.45) is 5.39. The molecule has 0 saturated heterocycles. The van der Waals surface area contributed by atoms with Gasteiger partial charge in [0.25, 0.3) is 0 Å². The molecule has 3 nitrogen and oxygen atoms in total. The minimum atomic E-state index is 0.0250. The number of hydrogen-bond donors (Lipinski definition) is 1. The van der Waals surface area contributed by atoms with Gasteiger partial charge in [0, 0.05) is 11.6 Å². The third-order valence-electron chi connectivity index (χ3n) is 4.16. The van der Waals surface area contributed by atoms with Gasteiger partial charge in [-0.2, -0.15) is 0 Å². The Bertz CT molecular complexity index is 405. The Balaban J connectivity index is 1.91. The third kappa shape index (κ3) is 1.63. The molecule has 1 aromatic rings. The molecule has 0 aromatic carbocycles. The van der Waals surface area contributed by atoms with Gasteiger partial charge >= 0.3 is 0 Å². The smallest absolute Gasteiger partial charge is 0.132 e. The Morgan fingerprint density at radius 1 is 1.31 bits per heavy atom. The van der Waals surface area contributed by atoms with Crippen molar-refractivity contribution in [2.45, 2.75) is 45.1 Å². The Kier molecular flexibility index (Phi) is 2.43. The number of aliphatic hydroxyl groups is 1. The Morgan fingerprint density at radius 2 is 2.19 bits per heavy atom. The van der Waals surface area contributed by atoms with E-state index in [-0.39, 0.29) is 6.61 Å². The molecule has 1 heterocycles. The Hall–Kier alpha value is -0.960. The molecule has 86 valence electrons. The zero-order valence-corrected chi connectivity index (χ0v) is 9.69. The zero-order valence-electron chi connectivity index (χ0n) is 9.69. The third-order valence-corrected chi connectivity index (χ3v) is 4.16. The van der Waals surface area contributed by atoms with Crippen LogP contribution in [0.5, 0.6) is 0 Å². The largest absolute Gasteiger partial charge is 0.390 e. The van der Waals surface area contributed by atoms with E-state index in [2.05, 4.69) is 9.97 Å². The van der Waals surface area contributed by atoms with Crippen molar-refractivity contribution in [1.82, 2.24) is 9.97 Å². The highest BCUT2D eigenvalue weighted by Crippen LogP contribution is 2.52. The molecule has 2 aliphatic carbocycles. The minimum absolute atomic E-state index is 0.0250. The quantitative estimate of drug-likeness (QED) is 0.827. The first-order valence-electron chi connectivity index (χ1n) is 6.21. The summed E-state index contributed by atoms with van der Waals surface area (Å²) in [5, 5.41) is 9.17. The van der Waals surface area contributed by atoms with E-state index in [4.69, 9.17) is 0 Å². The first kappa shape index (κ1) is 10.2. The van der Waals surface area contributed by atoms with E-state index >= 15 is 0 Å². The topological polar surface area (TPSA) is 46.0 Å². The summed E-state index contributed by atoms with van der Waals surface area (Å²) >= 11 is 0. The number of aliphatic hydroxyl groups excluding tert-OH is 1. The lowest BCUT2D eigenvalue weighted by Gasteiger charge is -2.20. The molecule has 3 rings (SSSR count). The number of nitrogens with zero attached hydrogens (tertiary/aromatic N) is 2. The molecule has 3 atom stereocenters. The van der Waals surface area contributed by atoms with Crippen LogP contribution in [0.2, 0.25) is 0 Å². The molecule has 16 heavy (non-hydrogen) atoms. The molecule has 2 fully saturated rings. The van der Waals surface area contributed by atoms with Crippen LogP contribution in [-0.4, -0.2) is 15.1 Å². The Labute approximate surface area is 95.9 Å². The number of fused-ring (bicyclic) bond motifs is 2. The molecule has 1 aromatic heterocycles. The number of aromatic nitrogens is 2. The van der Waals surface area contributed by atoms with E-state index in [1.165, 1.54) is 25.7 Å². The van der Waals surface area contributed by atoms with Gasteiger partial charge in [0.2, 0.25) is 0 Å². The minimum Gasteiger partial charge on any atom is -0.390 e. The van der Waals surface area contributed by atoms with Crippen LogP contribution < -0.4 is 0 Å². The van der Waals surface area contributed by atoms with Crippen molar-refractivity contribution in [3.63, 3.8) is 0 Å². The summed E-state index contributed by atoms with van der Waals surface area (Å²) in [7, 11) is 0. The van der Waals surface area contributed by atoms with Crippen LogP contribution in [0, 0.1) is 18.8 Å². The van der Waals surface area contributed by atoms with Gasteiger partial charge in [0.05, 0.1) is 12.3 Å². The van der Waals surface area contributed by atoms with Gasteiger partial charge in [0.1, 0.15) is 5.82 Å². The van der Waals surface area contributed by atoms with Crippen molar-refractivity contribution in [1.29, 1.82) is 0 Å². The lowest BCUT2D eigenvalue weighted by Crippen LogP contribution is -2.13. The van der Waals surface area contributed by atoms with E-state index in [9.17, 15) is 5.11 Å². The van der Waals surface area contributed by atoms with Crippen LogP contribution in [0.4, 0.5) is 0 Å².